The van der Waals surface area contributed by atoms with Crippen molar-refractivity contribution in [2.24, 2.45) is 0 Å². The highest BCUT2D eigenvalue weighted by Gasteiger charge is 2.52. The standard InChI is InChI=1S/C36H34N2O9Si/c1-43-36(42)29-26(20-21-48(2,3)4)28(37-38-29)31-32(47-35(41)25-18-12-7-13-19-25)30(46-34(40)24-16-10-6-11-17-24)27(45-31)22-44-33(39)23-14-8-5-9-15-23/h5-19,27,30-32H,22H2,1-4H3,(H,37,38)/t27-,30-,31+,32-/m1/s1. The number of rotatable bonds is 9. The maximum atomic E-state index is 13.5. The smallest absolute Gasteiger partial charge is 0.359 e. The number of aromatic amines is 1. The Hall–Kier alpha value is -5.51. The van der Waals surface area contributed by atoms with Crippen LogP contribution in [0.1, 0.15) is 58.9 Å². The zero-order chi connectivity index (χ0) is 34.3. The van der Waals surface area contributed by atoms with Crippen LogP contribution in [0, 0.1) is 11.5 Å². The fourth-order valence-electron chi connectivity index (χ4n) is 4.89. The highest BCUT2D eigenvalue weighted by Crippen LogP contribution is 2.39. The van der Waals surface area contributed by atoms with E-state index in [0.717, 1.165) is 0 Å². The van der Waals surface area contributed by atoms with Gasteiger partial charge in [0.15, 0.2) is 17.9 Å². The molecule has 0 radical (unpaired) electrons. The molecule has 4 aromatic rings. The molecule has 0 amide bonds. The number of benzene rings is 3. The van der Waals surface area contributed by atoms with Crippen molar-refractivity contribution in [3.05, 3.63) is 125 Å². The van der Waals surface area contributed by atoms with Crippen LogP contribution in [0.3, 0.4) is 0 Å². The van der Waals surface area contributed by atoms with Crippen molar-refractivity contribution < 1.29 is 42.9 Å². The Morgan fingerprint density at radius 3 is 1.75 bits per heavy atom. The molecule has 5 rings (SSSR count). The number of carbonyl (C=O) groups excluding carboxylic acids is 4. The number of hydrogen-bond donors (Lipinski definition) is 1. The van der Waals surface area contributed by atoms with Crippen LogP contribution in [0.2, 0.25) is 19.6 Å². The summed E-state index contributed by atoms with van der Waals surface area (Å²) >= 11 is 0. The van der Waals surface area contributed by atoms with E-state index in [-0.39, 0.29) is 34.7 Å². The van der Waals surface area contributed by atoms with Crippen LogP contribution in [0.15, 0.2) is 91.0 Å². The number of ether oxygens (including phenoxy) is 5. The maximum Gasteiger partial charge on any atom is 0.359 e. The molecule has 3 aromatic carbocycles. The monoisotopic (exact) mass is 666 g/mol. The molecule has 0 saturated carbocycles. The van der Waals surface area contributed by atoms with Crippen molar-refractivity contribution in [1.29, 1.82) is 0 Å². The van der Waals surface area contributed by atoms with E-state index in [2.05, 4.69) is 21.7 Å². The van der Waals surface area contributed by atoms with Gasteiger partial charge in [-0.2, -0.15) is 5.10 Å². The van der Waals surface area contributed by atoms with E-state index in [1.165, 1.54) is 7.11 Å². The summed E-state index contributed by atoms with van der Waals surface area (Å²) in [6.45, 7) is 5.73. The van der Waals surface area contributed by atoms with Crippen LogP contribution in [0.25, 0.3) is 0 Å². The molecule has 12 heteroatoms. The molecule has 1 saturated heterocycles. The summed E-state index contributed by atoms with van der Waals surface area (Å²) in [5, 5.41) is 7.00. The van der Waals surface area contributed by atoms with Gasteiger partial charge in [0, 0.05) is 0 Å². The largest absolute Gasteiger partial charge is 0.464 e. The van der Waals surface area contributed by atoms with Crippen molar-refractivity contribution in [3.8, 4) is 11.5 Å². The lowest BCUT2D eigenvalue weighted by Crippen LogP contribution is -2.41. The summed E-state index contributed by atoms with van der Waals surface area (Å²) in [4.78, 5) is 52.6. The molecule has 246 valence electrons. The number of aromatic nitrogens is 2. The van der Waals surface area contributed by atoms with Crippen LogP contribution >= 0.6 is 0 Å². The molecular weight excluding hydrogens is 632 g/mol. The zero-order valence-electron chi connectivity index (χ0n) is 26.8. The lowest BCUT2D eigenvalue weighted by molar-refractivity contribution is -0.0452. The molecule has 4 atom stereocenters. The Balaban J connectivity index is 1.58. The molecule has 0 bridgehead atoms. The third-order valence-corrected chi connectivity index (χ3v) is 8.10. The number of methoxy groups -OCH3 is 1. The number of H-pyrrole nitrogens is 1. The molecule has 2 heterocycles. The van der Waals surface area contributed by atoms with E-state index in [1.807, 2.05) is 19.6 Å². The fourth-order valence-corrected chi connectivity index (χ4v) is 5.39. The summed E-state index contributed by atoms with van der Waals surface area (Å²) in [5.41, 5.74) is 4.30. The van der Waals surface area contributed by atoms with Gasteiger partial charge in [-0.05, 0) is 36.4 Å². The molecule has 0 unspecified atom stereocenters. The number of esters is 4. The molecule has 0 aliphatic carbocycles. The number of carbonyl (C=O) groups is 4. The molecule has 1 aliphatic heterocycles. The predicted octanol–water partition coefficient (Wildman–Crippen LogP) is 5.17. The summed E-state index contributed by atoms with van der Waals surface area (Å²) in [6.07, 6.45) is -4.89. The van der Waals surface area contributed by atoms with Crippen molar-refractivity contribution >= 4 is 32.0 Å². The maximum absolute atomic E-state index is 13.5. The molecule has 0 spiro atoms. The van der Waals surface area contributed by atoms with Gasteiger partial charge in [-0.1, -0.05) is 80.2 Å². The van der Waals surface area contributed by atoms with Crippen molar-refractivity contribution in [1.82, 2.24) is 10.2 Å². The Kier molecular flexibility index (Phi) is 10.5. The van der Waals surface area contributed by atoms with Crippen molar-refractivity contribution in [3.63, 3.8) is 0 Å². The van der Waals surface area contributed by atoms with Gasteiger partial charge in [0.2, 0.25) is 0 Å². The Labute approximate surface area is 278 Å². The Morgan fingerprint density at radius 2 is 1.25 bits per heavy atom. The van der Waals surface area contributed by atoms with E-state index < -0.39 is 56.4 Å². The molecule has 11 nitrogen and oxygen atoms in total. The van der Waals surface area contributed by atoms with Crippen molar-refractivity contribution in [2.75, 3.05) is 13.7 Å². The number of nitrogens with zero attached hydrogens (tertiary/aromatic N) is 1. The summed E-state index contributed by atoms with van der Waals surface area (Å²) in [7, 11) is -0.761. The molecule has 1 fully saturated rings. The van der Waals surface area contributed by atoms with Gasteiger partial charge in [-0.3, -0.25) is 5.10 Å². The molecule has 1 N–H and O–H groups in total. The third kappa shape index (κ3) is 8.06. The summed E-state index contributed by atoms with van der Waals surface area (Å²) in [6, 6.07) is 24.9. The van der Waals surface area contributed by atoms with E-state index >= 15 is 0 Å². The quantitative estimate of drug-likeness (QED) is 0.110. The average Bonchev–Trinajstić information content (AvgIpc) is 3.67. The van der Waals surface area contributed by atoms with Crippen LogP contribution in [-0.4, -0.2) is 74.2 Å². The number of nitrogens with one attached hydrogen (secondary N) is 1. The van der Waals surface area contributed by atoms with E-state index in [9.17, 15) is 19.2 Å². The number of hydrogen-bond acceptors (Lipinski definition) is 10. The second kappa shape index (κ2) is 14.9. The summed E-state index contributed by atoms with van der Waals surface area (Å²) < 4.78 is 29.0. The normalized spacial score (nSPS) is 18.6. The first-order valence-electron chi connectivity index (χ1n) is 15.1. The molecule has 1 aromatic heterocycles. The van der Waals surface area contributed by atoms with Gasteiger partial charge in [-0.25, -0.2) is 19.2 Å². The first kappa shape index (κ1) is 33.8. The third-order valence-electron chi connectivity index (χ3n) is 7.22. The van der Waals surface area contributed by atoms with Gasteiger partial charge in [-0.15, -0.1) is 5.54 Å². The first-order valence-corrected chi connectivity index (χ1v) is 18.6. The van der Waals surface area contributed by atoms with E-state index in [0.29, 0.717) is 5.56 Å². The van der Waals surface area contributed by atoms with Gasteiger partial charge < -0.3 is 23.7 Å². The second-order valence-electron chi connectivity index (χ2n) is 11.9. The lowest BCUT2D eigenvalue weighted by Gasteiger charge is -2.24. The van der Waals surface area contributed by atoms with E-state index in [4.69, 9.17) is 23.7 Å². The summed E-state index contributed by atoms with van der Waals surface area (Å²) in [5.74, 6) is 0.253. The highest BCUT2D eigenvalue weighted by atomic mass is 28.3. The molecule has 48 heavy (non-hydrogen) atoms. The van der Waals surface area contributed by atoms with E-state index in [1.54, 1.807) is 91.0 Å². The van der Waals surface area contributed by atoms with Gasteiger partial charge in [0.05, 0.1) is 35.1 Å². The SMILES string of the molecule is COC(=O)c1n[nH]c([C@@H]2O[C@H](COC(=O)c3ccccc3)[C@@H](OC(=O)c3ccccc3)[C@H]2OC(=O)c2ccccc2)c1C#C[Si](C)(C)C. The van der Waals surface area contributed by atoms with Crippen LogP contribution in [0.4, 0.5) is 0 Å². The first-order chi connectivity index (χ1) is 23.1. The second-order valence-corrected chi connectivity index (χ2v) is 16.6. The highest BCUT2D eigenvalue weighted by molar-refractivity contribution is 6.83. The fraction of sp³-hybridized carbons (Fsp3) is 0.250. The van der Waals surface area contributed by atoms with Crippen LogP contribution < -0.4 is 0 Å². The van der Waals surface area contributed by atoms with Gasteiger partial charge in [0.25, 0.3) is 0 Å². The molecular formula is C36H34N2O9Si. The topological polar surface area (TPSA) is 143 Å². The molecule has 1 aliphatic rings. The van der Waals surface area contributed by atoms with Gasteiger partial charge >= 0.3 is 23.9 Å². The van der Waals surface area contributed by atoms with Crippen LogP contribution in [-0.2, 0) is 23.7 Å². The Morgan fingerprint density at radius 1 is 0.750 bits per heavy atom. The zero-order valence-corrected chi connectivity index (χ0v) is 27.8. The minimum absolute atomic E-state index is 0.0910. The lowest BCUT2D eigenvalue weighted by atomic mass is 10.0. The van der Waals surface area contributed by atoms with Crippen molar-refractivity contribution in [2.45, 2.75) is 44.1 Å². The Bertz CT molecular complexity index is 1830. The minimum atomic E-state index is -1.98. The minimum Gasteiger partial charge on any atom is -0.464 e. The van der Waals surface area contributed by atoms with Crippen LogP contribution in [0.5, 0.6) is 0 Å². The van der Waals surface area contributed by atoms with Gasteiger partial charge in [0.1, 0.15) is 26.9 Å². The predicted molar refractivity (Wildman–Crippen MR) is 176 cm³/mol. The average molecular weight is 667 g/mol.